The molecule has 0 atom stereocenters. The van der Waals surface area contributed by atoms with Crippen molar-refractivity contribution in [2.24, 2.45) is 5.92 Å². The molecule has 1 N–H and O–H groups in total. The summed E-state index contributed by atoms with van der Waals surface area (Å²) < 4.78 is 7.71. The summed E-state index contributed by atoms with van der Waals surface area (Å²) in [6.07, 6.45) is 0. The lowest BCUT2D eigenvalue weighted by atomic mass is 10.1. The molecule has 0 unspecified atom stereocenters. The molecule has 0 aliphatic carbocycles. The fourth-order valence-corrected chi connectivity index (χ4v) is 2.03. The van der Waals surface area contributed by atoms with Crippen molar-refractivity contribution >= 4 is 0 Å². The van der Waals surface area contributed by atoms with E-state index in [4.69, 9.17) is 4.74 Å². The monoisotopic (exact) mass is 281 g/mol. The minimum atomic E-state index is 0.126. The molecule has 20 heavy (non-hydrogen) atoms. The summed E-state index contributed by atoms with van der Waals surface area (Å²) in [4.78, 5) is 0. The van der Waals surface area contributed by atoms with Crippen LogP contribution in [0.15, 0.2) is 0 Å². The van der Waals surface area contributed by atoms with Crippen LogP contribution in [0.1, 0.15) is 51.6 Å². The Morgan fingerprint density at radius 3 is 2.45 bits per heavy atom. The van der Waals surface area contributed by atoms with Crippen molar-refractivity contribution in [3.8, 4) is 0 Å². The molecule has 1 aromatic heterocycles. The van der Waals surface area contributed by atoms with E-state index < -0.39 is 0 Å². The zero-order valence-corrected chi connectivity index (χ0v) is 14.2. The van der Waals surface area contributed by atoms with Crippen LogP contribution in [0.4, 0.5) is 0 Å². The Kier molecular flexibility index (Phi) is 6.21. The molecule has 1 rings (SSSR count). The van der Waals surface area contributed by atoms with E-state index in [-0.39, 0.29) is 5.54 Å². The average molecular weight is 281 g/mol. The van der Waals surface area contributed by atoms with Gasteiger partial charge in [0.1, 0.15) is 0 Å². The Hall–Kier alpha value is -0.870. The second-order valence-corrected chi connectivity index (χ2v) is 6.94. The van der Waals surface area contributed by atoms with Crippen molar-refractivity contribution in [3.05, 3.63) is 17.0 Å². The van der Waals surface area contributed by atoms with Crippen molar-refractivity contribution in [1.82, 2.24) is 15.1 Å². The van der Waals surface area contributed by atoms with Gasteiger partial charge in [-0.2, -0.15) is 5.10 Å². The molecule has 0 saturated carbocycles. The fraction of sp³-hybridized carbons (Fsp3) is 0.812. The number of nitrogens with zero attached hydrogens (tertiary/aromatic N) is 2. The lowest BCUT2D eigenvalue weighted by Gasteiger charge is -2.20. The maximum absolute atomic E-state index is 5.64. The molecule has 0 amide bonds. The zero-order valence-electron chi connectivity index (χ0n) is 14.2. The van der Waals surface area contributed by atoms with E-state index in [0.717, 1.165) is 32.0 Å². The Morgan fingerprint density at radius 1 is 1.25 bits per heavy atom. The van der Waals surface area contributed by atoms with E-state index in [1.807, 2.05) is 0 Å². The molecule has 0 bridgehead atoms. The first-order valence-electron chi connectivity index (χ1n) is 7.56. The van der Waals surface area contributed by atoms with E-state index in [1.54, 1.807) is 0 Å². The number of hydrogen-bond donors (Lipinski definition) is 1. The van der Waals surface area contributed by atoms with Gasteiger partial charge in [-0.15, -0.1) is 0 Å². The van der Waals surface area contributed by atoms with E-state index in [0.29, 0.717) is 5.92 Å². The second kappa shape index (κ2) is 7.23. The predicted molar refractivity (Wildman–Crippen MR) is 84.0 cm³/mol. The Labute approximate surface area is 123 Å². The SMILES string of the molecule is Cc1nn(CCOCC(C)C)c(C)c1CNC(C)(C)C. The third-order valence-electron chi connectivity index (χ3n) is 3.23. The summed E-state index contributed by atoms with van der Waals surface area (Å²) >= 11 is 0. The van der Waals surface area contributed by atoms with Gasteiger partial charge in [-0.3, -0.25) is 4.68 Å². The molecule has 0 aromatic carbocycles. The molecule has 4 heteroatoms. The lowest BCUT2D eigenvalue weighted by molar-refractivity contribution is 0.100. The first kappa shape index (κ1) is 17.2. The highest BCUT2D eigenvalue weighted by molar-refractivity contribution is 5.24. The second-order valence-electron chi connectivity index (χ2n) is 6.94. The van der Waals surface area contributed by atoms with Crippen molar-refractivity contribution < 1.29 is 4.74 Å². The summed E-state index contributed by atoms with van der Waals surface area (Å²) in [7, 11) is 0. The fourth-order valence-electron chi connectivity index (χ4n) is 2.03. The highest BCUT2D eigenvalue weighted by Gasteiger charge is 2.14. The number of aryl methyl sites for hydroxylation is 1. The quantitative estimate of drug-likeness (QED) is 0.781. The van der Waals surface area contributed by atoms with E-state index in [1.165, 1.54) is 11.3 Å². The summed E-state index contributed by atoms with van der Waals surface area (Å²) in [6, 6.07) is 0. The van der Waals surface area contributed by atoms with Crippen molar-refractivity contribution in [2.75, 3.05) is 13.2 Å². The molecular formula is C16H31N3O. The van der Waals surface area contributed by atoms with Crippen LogP contribution in [0.25, 0.3) is 0 Å². The van der Waals surface area contributed by atoms with Gasteiger partial charge >= 0.3 is 0 Å². The molecule has 0 saturated heterocycles. The smallest absolute Gasteiger partial charge is 0.0662 e. The standard InChI is InChI=1S/C16H31N3O/c1-12(2)11-20-9-8-19-14(4)15(13(3)18-19)10-17-16(5,6)7/h12,17H,8-11H2,1-7H3. The highest BCUT2D eigenvalue weighted by atomic mass is 16.5. The molecule has 116 valence electrons. The summed E-state index contributed by atoms with van der Waals surface area (Å²) in [5.41, 5.74) is 3.79. The Morgan fingerprint density at radius 2 is 1.90 bits per heavy atom. The van der Waals surface area contributed by atoms with Gasteiger partial charge in [0.05, 0.1) is 18.8 Å². The topological polar surface area (TPSA) is 39.1 Å². The average Bonchev–Trinajstić information content (AvgIpc) is 2.56. The van der Waals surface area contributed by atoms with Gasteiger partial charge in [-0.1, -0.05) is 13.8 Å². The molecule has 0 aliphatic heterocycles. The van der Waals surface area contributed by atoms with Crippen LogP contribution in [-0.2, 0) is 17.8 Å². The van der Waals surface area contributed by atoms with Crippen molar-refractivity contribution in [3.63, 3.8) is 0 Å². The van der Waals surface area contributed by atoms with Crippen molar-refractivity contribution in [2.45, 2.75) is 67.1 Å². The lowest BCUT2D eigenvalue weighted by Crippen LogP contribution is -2.35. The van der Waals surface area contributed by atoms with Crippen molar-refractivity contribution in [1.29, 1.82) is 0 Å². The maximum atomic E-state index is 5.64. The number of rotatable bonds is 7. The Bertz CT molecular complexity index is 416. The maximum Gasteiger partial charge on any atom is 0.0662 e. The van der Waals surface area contributed by atoms with Gasteiger partial charge in [0.2, 0.25) is 0 Å². The van der Waals surface area contributed by atoms with E-state index >= 15 is 0 Å². The normalized spacial score (nSPS) is 12.4. The third kappa shape index (κ3) is 5.63. The van der Waals surface area contributed by atoms with Crippen LogP contribution < -0.4 is 5.32 Å². The number of nitrogens with one attached hydrogen (secondary N) is 1. The zero-order chi connectivity index (χ0) is 15.3. The van der Waals surface area contributed by atoms with Gasteiger partial charge in [-0.05, 0) is 40.5 Å². The van der Waals surface area contributed by atoms with Gasteiger partial charge in [0.25, 0.3) is 0 Å². The molecular weight excluding hydrogens is 250 g/mol. The van der Waals surface area contributed by atoms with Crippen LogP contribution >= 0.6 is 0 Å². The molecule has 1 heterocycles. The van der Waals surface area contributed by atoms with E-state index in [9.17, 15) is 0 Å². The molecule has 0 spiro atoms. The molecule has 0 radical (unpaired) electrons. The minimum Gasteiger partial charge on any atom is -0.379 e. The highest BCUT2D eigenvalue weighted by Crippen LogP contribution is 2.14. The van der Waals surface area contributed by atoms with Crippen LogP contribution in [0.5, 0.6) is 0 Å². The molecule has 0 aliphatic rings. The molecule has 4 nitrogen and oxygen atoms in total. The van der Waals surface area contributed by atoms with Gasteiger partial charge in [-0.25, -0.2) is 0 Å². The van der Waals surface area contributed by atoms with E-state index in [2.05, 4.69) is 63.6 Å². The van der Waals surface area contributed by atoms with Crippen LogP contribution in [0.3, 0.4) is 0 Å². The summed E-state index contributed by atoms with van der Waals surface area (Å²) in [6.45, 7) is 18.3. The Balaban J connectivity index is 2.57. The molecule has 0 fully saturated rings. The van der Waals surface area contributed by atoms with Gasteiger partial charge in [0.15, 0.2) is 0 Å². The minimum absolute atomic E-state index is 0.126. The largest absolute Gasteiger partial charge is 0.379 e. The molecule has 1 aromatic rings. The summed E-state index contributed by atoms with van der Waals surface area (Å²) in [5.74, 6) is 0.585. The number of hydrogen-bond acceptors (Lipinski definition) is 3. The first-order valence-corrected chi connectivity index (χ1v) is 7.56. The predicted octanol–water partition coefficient (Wildman–Crippen LogP) is 3.06. The van der Waals surface area contributed by atoms with Gasteiger partial charge < -0.3 is 10.1 Å². The van der Waals surface area contributed by atoms with Crippen LogP contribution in [0, 0.1) is 19.8 Å². The van der Waals surface area contributed by atoms with Crippen LogP contribution in [0.2, 0.25) is 0 Å². The van der Waals surface area contributed by atoms with Gasteiger partial charge in [0, 0.05) is 29.9 Å². The summed E-state index contributed by atoms with van der Waals surface area (Å²) in [5, 5.41) is 8.15. The first-order chi connectivity index (χ1) is 9.20. The number of ether oxygens (including phenoxy) is 1. The number of aromatic nitrogens is 2. The third-order valence-corrected chi connectivity index (χ3v) is 3.23. The van der Waals surface area contributed by atoms with Crippen LogP contribution in [-0.4, -0.2) is 28.5 Å².